The molecule has 1 fully saturated rings. The molecule has 1 aliphatic heterocycles. The quantitative estimate of drug-likeness (QED) is 0.572. The van der Waals surface area contributed by atoms with Crippen LogP contribution in [-0.4, -0.2) is 44.4 Å². The summed E-state index contributed by atoms with van der Waals surface area (Å²) in [7, 11) is -3.12. The van der Waals surface area contributed by atoms with Crippen LogP contribution in [0, 0.1) is 25.2 Å². The molecule has 1 aliphatic carbocycles. The second-order valence-electron chi connectivity index (χ2n) is 11.2. The summed E-state index contributed by atoms with van der Waals surface area (Å²) in [6, 6.07) is 5.28. The molecule has 196 valence electrons. The molecule has 0 saturated carbocycles. The first-order valence-corrected chi connectivity index (χ1v) is 15.1. The molecule has 2 aliphatic rings. The van der Waals surface area contributed by atoms with E-state index >= 15 is 0 Å². The lowest BCUT2D eigenvalue weighted by Gasteiger charge is -2.33. The molecule has 9 heteroatoms. The number of rotatable bonds is 6. The first-order chi connectivity index (χ1) is 16.8. The molecule has 2 aromatic rings. The van der Waals surface area contributed by atoms with Crippen molar-refractivity contribution in [2.45, 2.75) is 66.3 Å². The van der Waals surface area contributed by atoms with E-state index in [1.54, 1.807) is 0 Å². The normalized spacial score (nSPS) is 21.0. The fourth-order valence-electron chi connectivity index (χ4n) is 4.94. The number of fused-ring (bicyclic) bond motifs is 1. The Morgan fingerprint density at radius 3 is 2.53 bits per heavy atom. The van der Waals surface area contributed by atoms with Crippen LogP contribution in [0.4, 0.5) is 5.00 Å². The van der Waals surface area contributed by atoms with Gasteiger partial charge in [-0.2, -0.15) is 0 Å². The highest BCUT2D eigenvalue weighted by Crippen LogP contribution is 2.44. The van der Waals surface area contributed by atoms with Gasteiger partial charge in [0.05, 0.1) is 17.1 Å². The third kappa shape index (κ3) is 6.11. The predicted molar refractivity (Wildman–Crippen MR) is 144 cm³/mol. The van der Waals surface area contributed by atoms with Crippen LogP contribution < -0.4 is 15.4 Å². The summed E-state index contributed by atoms with van der Waals surface area (Å²) < 4.78 is 29.5. The Bertz CT molecular complexity index is 1270. The molecular weight excluding hydrogens is 496 g/mol. The van der Waals surface area contributed by atoms with Crippen LogP contribution in [0.25, 0.3) is 0 Å². The van der Waals surface area contributed by atoms with E-state index in [-0.39, 0.29) is 35.3 Å². The van der Waals surface area contributed by atoms with Crippen molar-refractivity contribution in [2.24, 2.45) is 11.3 Å². The molecule has 0 radical (unpaired) electrons. The van der Waals surface area contributed by atoms with E-state index in [4.69, 9.17) is 4.74 Å². The highest BCUT2D eigenvalue weighted by atomic mass is 32.2. The molecule has 2 atom stereocenters. The minimum Gasteiger partial charge on any atom is -0.484 e. The molecule has 2 unspecified atom stereocenters. The van der Waals surface area contributed by atoms with Crippen molar-refractivity contribution in [1.82, 2.24) is 5.32 Å². The summed E-state index contributed by atoms with van der Waals surface area (Å²) in [6.07, 6.45) is 3.00. The Kier molecular flexibility index (Phi) is 7.53. The largest absolute Gasteiger partial charge is 0.484 e. The molecule has 7 nitrogen and oxygen atoms in total. The second-order valence-corrected chi connectivity index (χ2v) is 14.5. The van der Waals surface area contributed by atoms with Crippen LogP contribution in [0.5, 0.6) is 5.75 Å². The zero-order chi connectivity index (χ0) is 26.3. The van der Waals surface area contributed by atoms with Gasteiger partial charge in [-0.3, -0.25) is 9.59 Å². The number of aryl methyl sites for hydroxylation is 2. The van der Waals surface area contributed by atoms with Gasteiger partial charge in [0.2, 0.25) is 0 Å². The van der Waals surface area contributed by atoms with Gasteiger partial charge in [0.1, 0.15) is 10.8 Å². The van der Waals surface area contributed by atoms with Gasteiger partial charge in [-0.1, -0.05) is 26.8 Å². The molecule has 1 saturated heterocycles. The van der Waals surface area contributed by atoms with E-state index in [1.807, 2.05) is 32.0 Å². The topological polar surface area (TPSA) is 102 Å². The van der Waals surface area contributed by atoms with E-state index in [0.29, 0.717) is 28.7 Å². The monoisotopic (exact) mass is 532 g/mol. The molecule has 0 spiro atoms. The maximum absolute atomic E-state index is 13.4. The van der Waals surface area contributed by atoms with E-state index in [1.165, 1.54) is 11.3 Å². The van der Waals surface area contributed by atoms with Crippen molar-refractivity contribution < 1.29 is 22.7 Å². The fourth-order valence-corrected chi connectivity index (χ4v) is 7.95. The van der Waals surface area contributed by atoms with Gasteiger partial charge in [-0.05, 0) is 79.7 Å². The molecular formula is C27H36N2O5S2. The first kappa shape index (κ1) is 26.7. The van der Waals surface area contributed by atoms with Crippen molar-refractivity contribution >= 4 is 38.0 Å². The predicted octanol–water partition coefficient (Wildman–Crippen LogP) is 4.45. The van der Waals surface area contributed by atoms with E-state index < -0.39 is 15.9 Å². The number of hydrogen-bond acceptors (Lipinski definition) is 6. The smallest absolute Gasteiger partial charge is 0.262 e. The molecule has 36 heavy (non-hydrogen) atoms. The molecule has 0 bridgehead atoms. The van der Waals surface area contributed by atoms with E-state index in [9.17, 15) is 18.0 Å². The van der Waals surface area contributed by atoms with Crippen molar-refractivity contribution in [1.29, 1.82) is 0 Å². The maximum atomic E-state index is 13.4. The zero-order valence-corrected chi connectivity index (χ0v) is 23.3. The van der Waals surface area contributed by atoms with Crippen molar-refractivity contribution in [2.75, 3.05) is 23.4 Å². The summed E-state index contributed by atoms with van der Waals surface area (Å²) in [5, 5.41) is 6.35. The third-order valence-electron chi connectivity index (χ3n) is 7.39. The Balaban J connectivity index is 1.54. The number of sulfone groups is 1. The Morgan fingerprint density at radius 1 is 1.14 bits per heavy atom. The number of hydrogen-bond donors (Lipinski definition) is 2. The molecule has 2 N–H and O–H groups in total. The van der Waals surface area contributed by atoms with Crippen molar-refractivity contribution in [3.63, 3.8) is 0 Å². The number of anilines is 1. The lowest BCUT2D eigenvalue weighted by atomic mass is 9.72. The fraction of sp³-hybridized carbons (Fsp3) is 0.556. The standard InChI is InChI=1S/C27H36N2O5S2/c1-16-6-8-20(12-17(16)2)34-14-23(30)29-26-24(25(31)28-19-10-11-36(32,33)15-19)21-9-7-18(27(3,4)5)13-22(21)35-26/h6,8,12,18-19H,7,9-11,13-15H2,1-5H3,(H,28,31)(H,29,30). The first-order valence-electron chi connectivity index (χ1n) is 12.5. The molecule has 2 amide bonds. The Labute approximate surface area is 217 Å². The molecule has 2 heterocycles. The highest BCUT2D eigenvalue weighted by Gasteiger charge is 2.36. The van der Waals surface area contributed by atoms with Crippen LogP contribution in [0.1, 0.15) is 65.5 Å². The average molecular weight is 533 g/mol. The van der Waals surface area contributed by atoms with Gasteiger partial charge in [-0.25, -0.2) is 8.42 Å². The number of thiophene rings is 1. The van der Waals surface area contributed by atoms with Crippen molar-refractivity contribution in [3.05, 3.63) is 45.3 Å². The number of nitrogens with one attached hydrogen (secondary N) is 2. The van der Waals surface area contributed by atoms with Gasteiger partial charge >= 0.3 is 0 Å². The summed E-state index contributed by atoms with van der Waals surface area (Å²) in [4.78, 5) is 27.4. The lowest BCUT2D eigenvalue weighted by Crippen LogP contribution is -2.36. The molecule has 4 rings (SSSR count). The number of carbonyl (C=O) groups excluding carboxylic acids is 2. The number of ether oxygens (including phenoxy) is 1. The van der Waals surface area contributed by atoms with Crippen LogP contribution >= 0.6 is 11.3 Å². The maximum Gasteiger partial charge on any atom is 0.262 e. The third-order valence-corrected chi connectivity index (χ3v) is 10.3. The number of carbonyl (C=O) groups is 2. The molecule has 1 aromatic carbocycles. The number of amides is 2. The summed E-state index contributed by atoms with van der Waals surface area (Å²) in [5.41, 5.74) is 3.83. The van der Waals surface area contributed by atoms with Crippen LogP contribution in [0.15, 0.2) is 18.2 Å². The molecule has 1 aromatic heterocycles. The lowest BCUT2D eigenvalue weighted by molar-refractivity contribution is -0.118. The minimum atomic E-state index is -3.12. The van der Waals surface area contributed by atoms with Crippen molar-refractivity contribution in [3.8, 4) is 5.75 Å². The van der Waals surface area contributed by atoms with Gasteiger partial charge in [0.25, 0.3) is 11.8 Å². The van der Waals surface area contributed by atoms with Crippen LogP contribution in [0.3, 0.4) is 0 Å². The van der Waals surface area contributed by atoms with Gasteiger partial charge in [0, 0.05) is 10.9 Å². The van der Waals surface area contributed by atoms with Crippen LogP contribution in [0.2, 0.25) is 0 Å². The van der Waals surface area contributed by atoms with Gasteiger partial charge in [-0.15, -0.1) is 11.3 Å². The average Bonchev–Trinajstić information content (AvgIpc) is 3.31. The number of benzene rings is 1. The Hall–Kier alpha value is -2.39. The summed E-state index contributed by atoms with van der Waals surface area (Å²) in [5.74, 6) is 0.504. The Morgan fingerprint density at radius 2 is 1.89 bits per heavy atom. The second kappa shape index (κ2) is 10.2. The van der Waals surface area contributed by atoms with E-state index in [0.717, 1.165) is 40.8 Å². The SMILES string of the molecule is Cc1ccc(OCC(=O)Nc2sc3c(c2C(=O)NC2CCS(=O)(=O)C2)CCC(C(C)(C)C)C3)cc1C. The zero-order valence-electron chi connectivity index (χ0n) is 21.7. The van der Waals surface area contributed by atoms with E-state index in [2.05, 4.69) is 31.4 Å². The minimum absolute atomic E-state index is 0.0390. The van der Waals surface area contributed by atoms with Crippen LogP contribution in [-0.2, 0) is 27.5 Å². The van der Waals surface area contributed by atoms with Gasteiger partial charge < -0.3 is 15.4 Å². The summed E-state index contributed by atoms with van der Waals surface area (Å²) >= 11 is 1.46. The van der Waals surface area contributed by atoms with Gasteiger partial charge in [0.15, 0.2) is 16.4 Å². The highest BCUT2D eigenvalue weighted by molar-refractivity contribution is 7.91. The summed E-state index contributed by atoms with van der Waals surface area (Å²) in [6.45, 7) is 10.5.